The van der Waals surface area contributed by atoms with Gasteiger partial charge in [-0.15, -0.1) is 13.2 Å². The highest BCUT2D eigenvalue weighted by Gasteiger charge is 2.33. The van der Waals surface area contributed by atoms with Crippen molar-refractivity contribution in [2.24, 2.45) is 0 Å². The molecular formula is C6H3Cl2F3N2O. The molecule has 0 aromatic carbocycles. The van der Waals surface area contributed by atoms with E-state index >= 15 is 0 Å². The van der Waals surface area contributed by atoms with Crippen molar-refractivity contribution in [3.63, 3.8) is 0 Å². The van der Waals surface area contributed by atoms with Gasteiger partial charge in [0.25, 0.3) is 0 Å². The Morgan fingerprint density at radius 1 is 1.36 bits per heavy atom. The van der Waals surface area contributed by atoms with Gasteiger partial charge in [-0.25, -0.2) is 4.98 Å². The summed E-state index contributed by atoms with van der Waals surface area (Å²) in [6.07, 6.45) is -3.95. The second-order valence-electron chi connectivity index (χ2n) is 2.20. The predicted molar refractivity (Wildman–Crippen MR) is 45.4 cm³/mol. The Morgan fingerprint density at radius 2 is 1.93 bits per heavy atom. The molecule has 0 fully saturated rings. The van der Waals surface area contributed by atoms with Crippen LogP contribution >= 0.6 is 23.2 Å². The quantitative estimate of drug-likeness (QED) is 0.776. The first kappa shape index (κ1) is 11.2. The molecule has 0 saturated carbocycles. The Morgan fingerprint density at radius 3 is 2.43 bits per heavy atom. The number of pyridine rings is 1. The largest absolute Gasteiger partial charge is 0.573 e. The summed E-state index contributed by atoms with van der Waals surface area (Å²) in [6, 6.07) is 0. The number of ether oxygens (including phenoxy) is 1. The van der Waals surface area contributed by atoms with Crippen LogP contribution in [0.5, 0.6) is 5.75 Å². The van der Waals surface area contributed by atoms with E-state index in [0.717, 1.165) is 6.20 Å². The monoisotopic (exact) mass is 246 g/mol. The van der Waals surface area contributed by atoms with Gasteiger partial charge in [-0.3, -0.25) is 0 Å². The first-order valence-electron chi connectivity index (χ1n) is 3.16. The number of rotatable bonds is 1. The number of anilines is 1. The second-order valence-corrected chi connectivity index (χ2v) is 2.93. The lowest BCUT2D eigenvalue weighted by atomic mass is 10.4. The number of nitrogens with two attached hydrogens (primary N) is 1. The van der Waals surface area contributed by atoms with Gasteiger partial charge in [0.15, 0.2) is 10.9 Å². The van der Waals surface area contributed by atoms with Crippen molar-refractivity contribution >= 4 is 28.9 Å². The Bertz CT molecular complexity index is 356. The summed E-state index contributed by atoms with van der Waals surface area (Å²) in [7, 11) is 0. The molecule has 14 heavy (non-hydrogen) atoms. The van der Waals surface area contributed by atoms with Crippen LogP contribution in [0, 0.1) is 0 Å². The van der Waals surface area contributed by atoms with E-state index in [9.17, 15) is 13.2 Å². The molecule has 0 aliphatic rings. The van der Waals surface area contributed by atoms with Crippen LogP contribution in [0.4, 0.5) is 18.9 Å². The van der Waals surface area contributed by atoms with Crippen LogP contribution in [0.3, 0.4) is 0 Å². The molecule has 0 aliphatic carbocycles. The molecule has 2 N–H and O–H groups in total. The molecule has 8 heteroatoms. The zero-order valence-corrected chi connectivity index (χ0v) is 7.91. The number of alkyl halides is 3. The lowest BCUT2D eigenvalue weighted by Gasteiger charge is -2.12. The molecule has 0 amide bonds. The van der Waals surface area contributed by atoms with Crippen molar-refractivity contribution < 1.29 is 17.9 Å². The maximum absolute atomic E-state index is 11.8. The lowest BCUT2D eigenvalue weighted by Crippen LogP contribution is -2.18. The van der Waals surface area contributed by atoms with Gasteiger partial charge in [-0.1, -0.05) is 23.2 Å². The molecule has 3 nitrogen and oxygen atoms in total. The molecule has 0 spiro atoms. The molecule has 0 atom stereocenters. The third-order valence-electron chi connectivity index (χ3n) is 1.18. The molecule has 0 bridgehead atoms. The highest BCUT2D eigenvalue weighted by molar-refractivity contribution is 6.42. The van der Waals surface area contributed by atoms with E-state index < -0.39 is 17.1 Å². The van der Waals surface area contributed by atoms with E-state index in [0.29, 0.717) is 0 Å². The zero-order valence-electron chi connectivity index (χ0n) is 6.40. The molecule has 0 aliphatic heterocycles. The zero-order chi connectivity index (χ0) is 10.9. The van der Waals surface area contributed by atoms with Crippen molar-refractivity contribution in [2.45, 2.75) is 6.36 Å². The van der Waals surface area contributed by atoms with Crippen LogP contribution in [0.15, 0.2) is 6.20 Å². The second kappa shape index (κ2) is 3.70. The van der Waals surface area contributed by atoms with Crippen molar-refractivity contribution in [3.05, 3.63) is 16.4 Å². The molecule has 1 aromatic rings. The van der Waals surface area contributed by atoms with Gasteiger partial charge in [-0.2, -0.15) is 0 Å². The summed E-state index contributed by atoms with van der Waals surface area (Å²) in [6.45, 7) is 0. The molecule has 0 unspecified atom stereocenters. The standard InChI is InChI=1S/C6H3Cl2F3N2O/c7-3-4(14-6(9,10)11)2(12)1-13-5(3)8/h1H,12H2. The van der Waals surface area contributed by atoms with Crippen LogP contribution in [0.1, 0.15) is 0 Å². The number of hydrogen-bond acceptors (Lipinski definition) is 3. The number of nitrogens with zero attached hydrogens (tertiary/aromatic N) is 1. The van der Waals surface area contributed by atoms with Crippen LogP contribution in [0.25, 0.3) is 0 Å². The SMILES string of the molecule is Nc1cnc(Cl)c(Cl)c1OC(F)(F)F. The number of hydrogen-bond donors (Lipinski definition) is 1. The summed E-state index contributed by atoms with van der Waals surface area (Å²) in [5, 5.41) is -0.774. The topological polar surface area (TPSA) is 48.1 Å². The van der Waals surface area contributed by atoms with Gasteiger partial charge in [0.1, 0.15) is 5.02 Å². The Kier molecular flexibility index (Phi) is 2.96. The van der Waals surface area contributed by atoms with E-state index in [1.165, 1.54) is 0 Å². The molecule has 1 rings (SSSR count). The van der Waals surface area contributed by atoms with Crippen LogP contribution in [0.2, 0.25) is 10.2 Å². The Hall–Kier alpha value is -0.880. The molecule has 0 saturated heterocycles. The van der Waals surface area contributed by atoms with Crippen LogP contribution in [-0.4, -0.2) is 11.3 Å². The fraction of sp³-hybridized carbons (Fsp3) is 0.167. The Labute approximate surface area is 86.6 Å². The lowest BCUT2D eigenvalue weighted by molar-refractivity contribution is -0.274. The van der Waals surface area contributed by atoms with Crippen molar-refractivity contribution in [1.82, 2.24) is 4.98 Å². The van der Waals surface area contributed by atoms with E-state index in [-0.39, 0.29) is 10.8 Å². The average Bonchev–Trinajstić information content (AvgIpc) is 2.04. The van der Waals surface area contributed by atoms with Gasteiger partial charge >= 0.3 is 6.36 Å². The van der Waals surface area contributed by atoms with E-state index in [2.05, 4.69) is 9.72 Å². The van der Waals surface area contributed by atoms with Gasteiger partial charge in [0.05, 0.1) is 11.9 Å². The molecular weight excluding hydrogens is 244 g/mol. The molecule has 0 radical (unpaired) electrons. The minimum atomic E-state index is -4.87. The minimum Gasteiger partial charge on any atom is -0.402 e. The first-order chi connectivity index (χ1) is 6.31. The average molecular weight is 247 g/mol. The highest BCUT2D eigenvalue weighted by atomic mass is 35.5. The predicted octanol–water partition coefficient (Wildman–Crippen LogP) is 2.87. The van der Waals surface area contributed by atoms with Crippen molar-refractivity contribution in [2.75, 3.05) is 5.73 Å². The fourth-order valence-electron chi connectivity index (χ4n) is 0.681. The van der Waals surface area contributed by atoms with E-state index in [1.54, 1.807) is 0 Å². The summed E-state index contributed by atoms with van der Waals surface area (Å²) in [4.78, 5) is 3.43. The minimum absolute atomic E-state index is 0.305. The van der Waals surface area contributed by atoms with Crippen molar-refractivity contribution in [3.8, 4) is 5.75 Å². The van der Waals surface area contributed by atoms with Crippen LogP contribution in [-0.2, 0) is 0 Å². The Balaban J connectivity index is 3.13. The normalized spacial score (nSPS) is 11.5. The first-order valence-corrected chi connectivity index (χ1v) is 3.92. The highest BCUT2D eigenvalue weighted by Crippen LogP contribution is 2.38. The van der Waals surface area contributed by atoms with Gasteiger partial charge in [-0.05, 0) is 0 Å². The van der Waals surface area contributed by atoms with Gasteiger partial charge in [0, 0.05) is 0 Å². The summed E-state index contributed by atoms with van der Waals surface area (Å²) in [5.74, 6) is -0.737. The summed E-state index contributed by atoms with van der Waals surface area (Å²) in [5.41, 5.74) is 4.83. The number of nitrogen functional groups attached to an aromatic ring is 1. The smallest absolute Gasteiger partial charge is 0.402 e. The van der Waals surface area contributed by atoms with Crippen LogP contribution < -0.4 is 10.5 Å². The fourth-order valence-corrected chi connectivity index (χ4v) is 1.01. The van der Waals surface area contributed by atoms with Gasteiger partial charge < -0.3 is 10.5 Å². The summed E-state index contributed by atoms with van der Waals surface area (Å²) < 4.78 is 39.1. The van der Waals surface area contributed by atoms with Crippen molar-refractivity contribution in [1.29, 1.82) is 0 Å². The third-order valence-corrected chi connectivity index (χ3v) is 1.91. The number of halogens is 5. The molecule has 78 valence electrons. The van der Waals surface area contributed by atoms with E-state index in [4.69, 9.17) is 28.9 Å². The third kappa shape index (κ3) is 2.55. The summed E-state index contributed by atoms with van der Waals surface area (Å²) >= 11 is 10.8. The maximum Gasteiger partial charge on any atom is 0.573 e. The maximum atomic E-state index is 11.8. The van der Waals surface area contributed by atoms with E-state index in [1.807, 2.05) is 0 Å². The molecule has 1 heterocycles. The number of aromatic nitrogens is 1. The van der Waals surface area contributed by atoms with Gasteiger partial charge in [0.2, 0.25) is 0 Å². The molecule has 1 aromatic heterocycles.